The van der Waals surface area contributed by atoms with Crippen molar-refractivity contribution in [2.75, 3.05) is 6.61 Å². The van der Waals surface area contributed by atoms with Crippen LogP contribution in [-0.2, 0) is 10.2 Å². The molecule has 1 saturated carbocycles. The molecule has 1 unspecified atom stereocenters. The molecule has 2 N–H and O–H groups in total. The lowest BCUT2D eigenvalue weighted by Gasteiger charge is -2.42. The van der Waals surface area contributed by atoms with Crippen LogP contribution in [0.4, 0.5) is 0 Å². The van der Waals surface area contributed by atoms with Crippen LogP contribution in [0.15, 0.2) is 24.3 Å². The molecule has 4 heteroatoms. The standard InChI is InChI=1S/C17H24ClNO2/c1-12(2)15(7-10-20)19-16(21)17(8-4-9-17)13-5-3-6-14(18)11-13/h3,5-6,11-12,15,20H,4,7-10H2,1-2H3,(H,19,21). The summed E-state index contributed by atoms with van der Waals surface area (Å²) in [7, 11) is 0. The molecular formula is C17H24ClNO2. The Kier molecular flexibility index (Phi) is 5.28. The van der Waals surface area contributed by atoms with Crippen LogP contribution in [0, 0.1) is 5.92 Å². The fourth-order valence-electron chi connectivity index (χ4n) is 2.98. The van der Waals surface area contributed by atoms with E-state index in [0.29, 0.717) is 17.4 Å². The fraction of sp³-hybridized carbons (Fsp3) is 0.588. The molecule has 2 rings (SSSR count). The van der Waals surface area contributed by atoms with Gasteiger partial charge in [-0.05, 0) is 42.9 Å². The Morgan fingerprint density at radius 1 is 1.43 bits per heavy atom. The minimum atomic E-state index is -0.437. The molecule has 0 heterocycles. The van der Waals surface area contributed by atoms with Crippen LogP contribution in [0.1, 0.15) is 45.1 Å². The van der Waals surface area contributed by atoms with E-state index < -0.39 is 5.41 Å². The lowest BCUT2D eigenvalue weighted by atomic mass is 9.63. The summed E-state index contributed by atoms with van der Waals surface area (Å²) in [6.07, 6.45) is 3.38. The van der Waals surface area contributed by atoms with Gasteiger partial charge in [0.1, 0.15) is 0 Å². The number of hydrogen-bond acceptors (Lipinski definition) is 2. The summed E-state index contributed by atoms with van der Waals surface area (Å²) in [6, 6.07) is 7.63. The van der Waals surface area contributed by atoms with Crippen molar-refractivity contribution < 1.29 is 9.90 Å². The highest BCUT2D eigenvalue weighted by atomic mass is 35.5. The maximum Gasteiger partial charge on any atom is 0.230 e. The van der Waals surface area contributed by atoms with Gasteiger partial charge in [0.05, 0.1) is 5.41 Å². The molecule has 1 atom stereocenters. The summed E-state index contributed by atoms with van der Waals surface area (Å²) >= 11 is 6.08. The average molecular weight is 310 g/mol. The second-order valence-corrected chi connectivity index (χ2v) is 6.72. The Labute approximate surface area is 131 Å². The summed E-state index contributed by atoms with van der Waals surface area (Å²) in [5.41, 5.74) is 0.568. The summed E-state index contributed by atoms with van der Waals surface area (Å²) in [4.78, 5) is 12.8. The van der Waals surface area contributed by atoms with E-state index in [1.54, 1.807) is 0 Å². The number of benzene rings is 1. The number of nitrogens with one attached hydrogen (secondary N) is 1. The molecule has 21 heavy (non-hydrogen) atoms. The van der Waals surface area contributed by atoms with E-state index in [-0.39, 0.29) is 18.6 Å². The highest BCUT2D eigenvalue weighted by Gasteiger charge is 2.46. The van der Waals surface area contributed by atoms with Crippen molar-refractivity contribution in [2.45, 2.75) is 51.0 Å². The fourth-order valence-corrected chi connectivity index (χ4v) is 3.17. The number of hydrogen-bond donors (Lipinski definition) is 2. The topological polar surface area (TPSA) is 49.3 Å². The first-order valence-corrected chi connectivity index (χ1v) is 8.05. The lowest BCUT2D eigenvalue weighted by Crippen LogP contribution is -2.53. The Bertz CT molecular complexity index is 497. The van der Waals surface area contributed by atoms with Crippen molar-refractivity contribution in [3.63, 3.8) is 0 Å². The van der Waals surface area contributed by atoms with Crippen molar-refractivity contribution in [3.8, 4) is 0 Å². The number of carbonyl (C=O) groups is 1. The summed E-state index contributed by atoms with van der Waals surface area (Å²) in [5.74, 6) is 0.376. The maximum atomic E-state index is 12.8. The Morgan fingerprint density at radius 2 is 2.14 bits per heavy atom. The Morgan fingerprint density at radius 3 is 2.62 bits per heavy atom. The summed E-state index contributed by atoms with van der Waals surface area (Å²) < 4.78 is 0. The third-order valence-electron chi connectivity index (χ3n) is 4.58. The highest BCUT2D eigenvalue weighted by Crippen LogP contribution is 2.44. The van der Waals surface area contributed by atoms with Gasteiger partial charge in [-0.2, -0.15) is 0 Å². The zero-order chi connectivity index (χ0) is 15.5. The number of aliphatic hydroxyl groups is 1. The zero-order valence-electron chi connectivity index (χ0n) is 12.7. The summed E-state index contributed by atoms with van der Waals surface area (Å²) in [6.45, 7) is 4.22. The zero-order valence-corrected chi connectivity index (χ0v) is 13.5. The van der Waals surface area contributed by atoms with E-state index in [1.165, 1.54) is 0 Å². The summed E-state index contributed by atoms with van der Waals surface area (Å²) in [5, 5.41) is 13.0. The third kappa shape index (κ3) is 3.41. The first-order valence-electron chi connectivity index (χ1n) is 7.67. The van der Waals surface area contributed by atoms with Gasteiger partial charge in [-0.1, -0.05) is 44.0 Å². The molecule has 1 aliphatic rings. The van der Waals surface area contributed by atoms with Gasteiger partial charge in [-0.3, -0.25) is 4.79 Å². The molecule has 0 aromatic heterocycles. The maximum absolute atomic E-state index is 12.8. The molecular weight excluding hydrogens is 286 g/mol. The van der Waals surface area contributed by atoms with Crippen LogP contribution in [-0.4, -0.2) is 23.7 Å². The molecule has 1 amide bonds. The van der Waals surface area contributed by atoms with E-state index >= 15 is 0 Å². The number of carbonyl (C=O) groups excluding carboxylic acids is 1. The van der Waals surface area contributed by atoms with E-state index in [9.17, 15) is 4.79 Å². The first kappa shape index (κ1) is 16.3. The minimum absolute atomic E-state index is 0.0131. The van der Waals surface area contributed by atoms with Crippen molar-refractivity contribution in [1.82, 2.24) is 5.32 Å². The molecule has 1 fully saturated rings. The molecule has 1 aromatic carbocycles. The second-order valence-electron chi connectivity index (χ2n) is 6.28. The van der Waals surface area contributed by atoms with Crippen molar-refractivity contribution >= 4 is 17.5 Å². The number of halogens is 1. The predicted octanol–water partition coefficient (Wildman–Crippen LogP) is 3.28. The van der Waals surface area contributed by atoms with Crippen LogP contribution >= 0.6 is 11.6 Å². The van der Waals surface area contributed by atoms with E-state index in [1.807, 2.05) is 24.3 Å². The molecule has 0 radical (unpaired) electrons. The van der Waals surface area contributed by atoms with Gasteiger partial charge in [-0.25, -0.2) is 0 Å². The predicted molar refractivity (Wildman–Crippen MR) is 85.5 cm³/mol. The second kappa shape index (κ2) is 6.80. The smallest absolute Gasteiger partial charge is 0.230 e. The van der Waals surface area contributed by atoms with Gasteiger partial charge < -0.3 is 10.4 Å². The normalized spacial score (nSPS) is 18.1. The van der Waals surface area contributed by atoms with Gasteiger partial charge in [0.25, 0.3) is 0 Å². The highest BCUT2D eigenvalue weighted by molar-refractivity contribution is 6.30. The van der Waals surface area contributed by atoms with Gasteiger partial charge in [0.15, 0.2) is 0 Å². The van der Waals surface area contributed by atoms with Gasteiger partial charge in [-0.15, -0.1) is 0 Å². The minimum Gasteiger partial charge on any atom is -0.396 e. The number of aliphatic hydroxyl groups excluding tert-OH is 1. The van der Waals surface area contributed by atoms with Gasteiger partial charge >= 0.3 is 0 Å². The lowest BCUT2D eigenvalue weighted by molar-refractivity contribution is -0.131. The van der Waals surface area contributed by atoms with Crippen LogP contribution in [0.5, 0.6) is 0 Å². The van der Waals surface area contributed by atoms with Crippen LogP contribution < -0.4 is 5.32 Å². The van der Waals surface area contributed by atoms with Gasteiger partial charge in [0, 0.05) is 17.7 Å². The SMILES string of the molecule is CC(C)C(CCO)NC(=O)C1(c2cccc(Cl)c2)CCC1. The number of amides is 1. The van der Waals surface area contributed by atoms with Crippen LogP contribution in [0.25, 0.3) is 0 Å². The molecule has 1 aromatic rings. The molecule has 1 aliphatic carbocycles. The van der Waals surface area contributed by atoms with E-state index in [2.05, 4.69) is 19.2 Å². The molecule has 3 nitrogen and oxygen atoms in total. The first-order chi connectivity index (χ1) is 9.99. The third-order valence-corrected chi connectivity index (χ3v) is 4.82. The largest absolute Gasteiger partial charge is 0.396 e. The van der Waals surface area contributed by atoms with E-state index in [4.69, 9.17) is 16.7 Å². The van der Waals surface area contributed by atoms with Crippen molar-refractivity contribution in [1.29, 1.82) is 0 Å². The molecule has 0 aliphatic heterocycles. The molecule has 0 bridgehead atoms. The quantitative estimate of drug-likeness (QED) is 0.847. The van der Waals surface area contributed by atoms with Crippen LogP contribution in [0.2, 0.25) is 5.02 Å². The molecule has 0 saturated heterocycles. The van der Waals surface area contributed by atoms with E-state index in [0.717, 1.165) is 24.8 Å². The van der Waals surface area contributed by atoms with Crippen molar-refractivity contribution in [3.05, 3.63) is 34.9 Å². The number of rotatable bonds is 6. The Hall–Kier alpha value is -1.06. The Balaban J connectivity index is 2.18. The van der Waals surface area contributed by atoms with Crippen molar-refractivity contribution in [2.24, 2.45) is 5.92 Å². The monoisotopic (exact) mass is 309 g/mol. The molecule has 0 spiro atoms. The average Bonchev–Trinajstić information content (AvgIpc) is 2.37. The van der Waals surface area contributed by atoms with Gasteiger partial charge in [0.2, 0.25) is 5.91 Å². The molecule has 116 valence electrons. The van der Waals surface area contributed by atoms with Crippen LogP contribution in [0.3, 0.4) is 0 Å².